The summed E-state index contributed by atoms with van der Waals surface area (Å²) in [5, 5.41) is -0.723. The largest absolute Gasteiger partial charge is 0.416 e. The molecule has 1 aromatic heterocycles. The molecule has 6 heteroatoms. The molecule has 1 nitrogen and oxygen atoms in total. The van der Waals surface area contributed by atoms with Gasteiger partial charge in [0.1, 0.15) is 0 Å². The number of hydrogen-bond donors (Lipinski definition) is 0. The van der Waals surface area contributed by atoms with Crippen molar-refractivity contribution >= 4 is 21.6 Å². The van der Waals surface area contributed by atoms with Crippen molar-refractivity contribution < 1.29 is 17.6 Å². The van der Waals surface area contributed by atoms with E-state index in [1.165, 1.54) is 0 Å². The zero-order valence-electron chi connectivity index (χ0n) is 6.60. The number of hydrogen-bond acceptors (Lipinski definition) is 2. The van der Waals surface area contributed by atoms with Crippen molar-refractivity contribution in [2.45, 2.75) is 6.18 Å². The molecule has 14 heavy (non-hydrogen) atoms. The van der Waals surface area contributed by atoms with Crippen molar-refractivity contribution in [1.82, 2.24) is 4.98 Å². The van der Waals surface area contributed by atoms with Crippen molar-refractivity contribution in [2.75, 3.05) is 0 Å². The van der Waals surface area contributed by atoms with Gasteiger partial charge in [-0.15, -0.1) is 0 Å². The van der Waals surface area contributed by atoms with E-state index in [2.05, 4.69) is 4.98 Å². The van der Waals surface area contributed by atoms with E-state index in [9.17, 15) is 17.6 Å². The normalized spacial score (nSPS) is 12.3. The second-order valence-electron chi connectivity index (χ2n) is 2.65. The molecule has 0 bridgehead atoms. The third kappa shape index (κ3) is 1.57. The summed E-state index contributed by atoms with van der Waals surface area (Å²) in [5.41, 5.74) is -0.533. The standard InChI is InChI=1S/C8H3F4NS/c9-7-13-5-2-1-4(8(10,11)12)3-6(5)14-7/h1-3H. The second kappa shape index (κ2) is 2.91. The highest BCUT2D eigenvalue weighted by Crippen LogP contribution is 2.32. The molecule has 0 N–H and O–H groups in total. The molecule has 0 fully saturated rings. The SMILES string of the molecule is Fc1nc2ccc(C(F)(F)F)cc2s1. The minimum atomic E-state index is -4.39. The first-order valence-corrected chi connectivity index (χ1v) is 4.42. The van der Waals surface area contributed by atoms with E-state index >= 15 is 0 Å². The van der Waals surface area contributed by atoms with Crippen LogP contribution in [0.15, 0.2) is 18.2 Å². The maximum Gasteiger partial charge on any atom is 0.416 e. The molecule has 1 heterocycles. The fourth-order valence-corrected chi connectivity index (χ4v) is 1.80. The molecule has 0 unspecified atom stereocenters. The number of halogens is 4. The van der Waals surface area contributed by atoms with E-state index in [1.807, 2.05) is 0 Å². The molecular weight excluding hydrogens is 218 g/mol. The summed E-state index contributed by atoms with van der Waals surface area (Å²) in [5.74, 6) is 0. The van der Waals surface area contributed by atoms with E-state index < -0.39 is 17.0 Å². The van der Waals surface area contributed by atoms with E-state index in [0.717, 1.165) is 18.2 Å². The molecule has 0 atom stereocenters. The Balaban J connectivity index is 2.62. The van der Waals surface area contributed by atoms with Gasteiger partial charge in [0.05, 0.1) is 15.8 Å². The van der Waals surface area contributed by atoms with Crippen molar-refractivity contribution in [3.8, 4) is 0 Å². The molecule has 0 saturated carbocycles. The third-order valence-corrected chi connectivity index (χ3v) is 2.50. The number of rotatable bonds is 0. The van der Waals surface area contributed by atoms with Crippen molar-refractivity contribution in [3.05, 3.63) is 29.0 Å². The van der Waals surface area contributed by atoms with Gasteiger partial charge >= 0.3 is 6.18 Å². The molecule has 0 spiro atoms. The number of benzene rings is 1. The van der Waals surface area contributed by atoms with Crippen LogP contribution in [0.2, 0.25) is 0 Å². The Hall–Kier alpha value is -1.17. The molecule has 0 saturated heterocycles. The fourth-order valence-electron chi connectivity index (χ4n) is 1.07. The molecule has 0 aliphatic carbocycles. The number of thiazole rings is 1. The van der Waals surface area contributed by atoms with Gasteiger partial charge in [0, 0.05) is 0 Å². The number of fused-ring (bicyclic) bond motifs is 1. The van der Waals surface area contributed by atoms with Gasteiger partial charge in [0.15, 0.2) is 0 Å². The molecule has 0 aliphatic heterocycles. The highest BCUT2D eigenvalue weighted by molar-refractivity contribution is 7.17. The van der Waals surface area contributed by atoms with Crippen LogP contribution >= 0.6 is 11.3 Å². The predicted molar refractivity (Wildman–Crippen MR) is 44.6 cm³/mol. The topological polar surface area (TPSA) is 12.9 Å². The first-order chi connectivity index (χ1) is 6.47. The van der Waals surface area contributed by atoms with Gasteiger partial charge in [-0.2, -0.15) is 17.6 Å². The van der Waals surface area contributed by atoms with E-state index in [0.29, 0.717) is 11.3 Å². The van der Waals surface area contributed by atoms with Crippen LogP contribution in [0.3, 0.4) is 0 Å². The Bertz CT molecular complexity index is 474. The quantitative estimate of drug-likeness (QED) is 0.621. The molecule has 0 radical (unpaired) electrons. The van der Waals surface area contributed by atoms with Crippen LogP contribution in [0.4, 0.5) is 17.6 Å². The van der Waals surface area contributed by atoms with Crippen LogP contribution in [0.25, 0.3) is 10.2 Å². The Morgan fingerprint density at radius 1 is 1.21 bits per heavy atom. The summed E-state index contributed by atoms with van der Waals surface area (Å²) in [6.45, 7) is 0. The van der Waals surface area contributed by atoms with Gasteiger partial charge in [0.25, 0.3) is 5.26 Å². The Kier molecular flexibility index (Phi) is 1.95. The molecule has 74 valence electrons. The highest BCUT2D eigenvalue weighted by Gasteiger charge is 2.30. The Morgan fingerprint density at radius 3 is 2.57 bits per heavy atom. The maximum absolute atomic E-state index is 12.6. The highest BCUT2D eigenvalue weighted by atomic mass is 32.1. The lowest BCUT2D eigenvalue weighted by molar-refractivity contribution is -0.137. The van der Waals surface area contributed by atoms with Gasteiger partial charge in [0.2, 0.25) is 0 Å². The summed E-state index contributed by atoms with van der Waals surface area (Å²) in [7, 11) is 0. The minimum absolute atomic E-state index is 0.206. The lowest BCUT2D eigenvalue weighted by Gasteiger charge is -2.04. The summed E-state index contributed by atoms with van der Waals surface area (Å²) in [4.78, 5) is 3.42. The second-order valence-corrected chi connectivity index (χ2v) is 3.63. The van der Waals surface area contributed by atoms with Gasteiger partial charge in [-0.1, -0.05) is 11.3 Å². The number of alkyl halides is 3. The summed E-state index contributed by atoms with van der Waals surface area (Å²) in [6.07, 6.45) is -4.39. The van der Waals surface area contributed by atoms with Crippen LogP contribution < -0.4 is 0 Å². The summed E-state index contributed by atoms with van der Waals surface area (Å²) < 4.78 is 49.4. The number of aromatic nitrogens is 1. The van der Waals surface area contributed by atoms with Gasteiger partial charge < -0.3 is 0 Å². The molecule has 0 amide bonds. The van der Waals surface area contributed by atoms with Crippen LogP contribution in [-0.4, -0.2) is 4.98 Å². The Morgan fingerprint density at radius 2 is 1.93 bits per heavy atom. The van der Waals surface area contributed by atoms with E-state index in [4.69, 9.17) is 0 Å². The molecular formula is C8H3F4NS. The van der Waals surface area contributed by atoms with E-state index in [1.54, 1.807) is 0 Å². The molecule has 2 rings (SSSR count). The lowest BCUT2D eigenvalue weighted by atomic mass is 10.2. The maximum atomic E-state index is 12.6. The Labute approximate surface area is 80.0 Å². The minimum Gasteiger partial charge on any atom is -0.209 e. The summed E-state index contributed by atoms with van der Waals surface area (Å²) in [6, 6.07) is 2.95. The molecule has 2 aromatic rings. The van der Waals surface area contributed by atoms with Gasteiger partial charge in [-0.05, 0) is 18.2 Å². The van der Waals surface area contributed by atoms with Gasteiger partial charge in [-0.25, -0.2) is 4.98 Å². The van der Waals surface area contributed by atoms with Crippen LogP contribution in [0, 0.1) is 5.26 Å². The van der Waals surface area contributed by atoms with Crippen LogP contribution in [0.1, 0.15) is 5.56 Å². The van der Waals surface area contributed by atoms with Crippen molar-refractivity contribution in [3.63, 3.8) is 0 Å². The predicted octanol–water partition coefficient (Wildman–Crippen LogP) is 3.45. The zero-order chi connectivity index (χ0) is 10.3. The van der Waals surface area contributed by atoms with Crippen LogP contribution in [-0.2, 0) is 6.18 Å². The first kappa shape index (κ1) is 9.39. The van der Waals surface area contributed by atoms with Crippen molar-refractivity contribution in [1.29, 1.82) is 0 Å². The van der Waals surface area contributed by atoms with Crippen molar-refractivity contribution in [2.24, 2.45) is 0 Å². The smallest absolute Gasteiger partial charge is 0.209 e. The molecule has 0 aliphatic rings. The first-order valence-electron chi connectivity index (χ1n) is 3.60. The molecule has 1 aromatic carbocycles. The van der Waals surface area contributed by atoms with Gasteiger partial charge in [-0.3, -0.25) is 0 Å². The lowest BCUT2D eigenvalue weighted by Crippen LogP contribution is -2.03. The monoisotopic (exact) mass is 221 g/mol. The third-order valence-electron chi connectivity index (χ3n) is 1.69. The average Bonchev–Trinajstić information content (AvgIpc) is 2.41. The summed E-state index contributed by atoms with van der Waals surface area (Å²) >= 11 is 0.605. The zero-order valence-corrected chi connectivity index (χ0v) is 7.42. The van der Waals surface area contributed by atoms with Crippen LogP contribution in [0.5, 0.6) is 0 Å². The average molecular weight is 221 g/mol. The van der Waals surface area contributed by atoms with E-state index in [-0.39, 0.29) is 10.2 Å². The fraction of sp³-hybridized carbons (Fsp3) is 0.125. The number of nitrogens with zero attached hydrogens (tertiary/aromatic N) is 1.